The highest BCUT2D eigenvalue weighted by Gasteiger charge is 2.21. The van der Waals surface area contributed by atoms with Crippen LogP contribution in [0.3, 0.4) is 0 Å². The number of carbonyl (C=O) groups is 1. The lowest BCUT2D eigenvalue weighted by molar-refractivity contribution is -0.129. The van der Waals surface area contributed by atoms with Crippen LogP contribution in [-0.2, 0) is 11.3 Å². The van der Waals surface area contributed by atoms with E-state index in [4.69, 9.17) is 13.9 Å². The van der Waals surface area contributed by atoms with Gasteiger partial charge in [-0.3, -0.25) is 4.79 Å². The molecule has 3 rings (SSSR count). The van der Waals surface area contributed by atoms with Crippen LogP contribution in [0.4, 0.5) is 0 Å². The third-order valence-corrected chi connectivity index (χ3v) is 4.46. The van der Waals surface area contributed by atoms with Gasteiger partial charge in [0.2, 0.25) is 5.91 Å². The average molecular weight is 358 g/mol. The molecule has 6 heteroatoms. The first-order chi connectivity index (χ1) is 12.5. The van der Waals surface area contributed by atoms with Crippen LogP contribution in [-0.4, -0.2) is 37.6 Å². The molecule has 1 aliphatic heterocycles. The van der Waals surface area contributed by atoms with Gasteiger partial charge in [-0.1, -0.05) is 19.9 Å². The second-order valence-electron chi connectivity index (χ2n) is 6.83. The van der Waals surface area contributed by atoms with E-state index >= 15 is 0 Å². The molecule has 6 nitrogen and oxygen atoms in total. The minimum Gasteiger partial charge on any atom is -0.486 e. The average Bonchev–Trinajstić information content (AvgIpc) is 3.14. The first kappa shape index (κ1) is 18.3. The van der Waals surface area contributed by atoms with Gasteiger partial charge >= 0.3 is 0 Å². The summed E-state index contributed by atoms with van der Waals surface area (Å²) in [6.07, 6.45) is 1.61. The van der Waals surface area contributed by atoms with Crippen molar-refractivity contribution in [2.24, 2.45) is 5.92 Å². The number of ether oxygens (including phenoxy) is 2. The topological polar surface area (TPSA) is 63.9 Å². The zero-order valence-corrected chi connectivity index (χ0v) is 15.5. The minimum absolute atomic E-state index is 0.0181. The number of likely N-dealkylation sites (N-methyl/N-ethyl adjacent to an activating group) is 1. The molecule has 0 unspecified atom stereocenters. The Morgan fingerprint density at radius 2 is 1.96 bits per heavy atom. The number of nitrogens with one attached hydrogen (secondary N) is 1. The number of rotatable bonds is 7. The number of nitrogens with zero attached hydrogens (tertiary/aromatic N) is 1. The molecule has 0 spiro atoms. The summed E-state index contributed by atoms with van der Waals surface area (Å²) >= 11 is 0. The summed E-state index contributed by atoms with van der Waals surface area (Å²) in [5, 5.41) is 3.38. The van der Waals surface area contributed by atoms with Crippen molar-refractivity contribution >= 4 is 5.91 Å². The van der Waals surface area contributed by atoms with Crippen molar-refractivity contribution in [2.45, 2.75) is 26.4 Å². The van der Waals surface area contributed by atoms with Gasteiger partial charge in [0.25, 0.3) is 0 Å². The molecule has 2 heterocycles. The van der Waals surface area contributed by atoms with E-state index < -0.39 is 0 Å². The van der Waals surface area contributed by atoms with Gasteiger partial charge in [0.05, 0.1) is 19.4 Å². The van der Waals surface area contributed by atoms with Gasteiger partial charge in [0, 0.05) is 13.1 Å². The number of amides is 1. The maximum Gasteiger partial charge on any atom is 0.236 e. The minimum atomic E-state index is 0.0181. The largest absolute Gasteiger partial charge is 0.486 e. The Bertz CT molecular complexity index is 727. The fourth-order valence-corrected chi connectivity index (χ4v) is 3.05. The molecule has 1 aromatic carbocycles. The van der Waals surface area contributed by atoms with Gasteiger partial charge in [-0.2, -0.15) is 0 Å². The molecule has 1 atom stereocenters. The van der Waals surface area contributed by atoms with E-state index in [2.05, 4.69) is 19.2 Å². The summed E-state index contributed by atoms with van der Waals surface area (Å²) in [6, 6.07) is 9.70. The van der Waals surface area contributed by atoms with Crippen LogP contribution in [0.25, 0.3) is 0 Å². The molecular formula is C20H26N2O4. The van der Waals surface area contributed by atoms with Gasteiger partial charge < -0.3 is 24.1 Å². The molecule has 0 aliphatic carbocycles. The molecule has 0 bridgehead atoms. The fourth-order valence-electron chi connectivity index (χ4n) is 3.05. The highest BCUT2D eigenvalue weighted by atomic mass is 16.6. The van der Waals surface area contributed by atoms with E-state index in [1.54, 1.807) is 18.2 Å². The quantitative estimate of drug-likeness (QED) is 0.824. The van der Waals surface area contributed by atoms with Crippen molar-refractivity contribution < 1.29 is 18.7 Å². The van der Waals surface area contributed by atoms with E-state index in [0.29, 0.717) is 25.7 Å². The van der Waals surface area contributed by atoms with Crippen molar-refractivity contribution in [3.05, 3.63) is 47.9 Å². The number of hydrogen-bond acceptors (Lipinski definition) is 5. The highest BCUT2D eigenvalue weighted by Crippen LogP contribution is 2.34. The van der Waals surface area contributed by atoms with Crippen LogP contribution in [0.15, 0.2) is 41.0 Å². The number of fused-ring (bicyclic) bond motifs is 1. The molecule has 0 fully saturated rings. The smallest absolute Gasteiger partial charge is 0.236 e. The SMILES string of the molecule is CC(C)[C@@H](NCC(=O)N(C)Cc1ccco1)c1ccc2c(c1)OCCO2. The Balaban J connectivity index is 1.62. The Kier molecular flexibility index (Phi) is 5.83. The number of hydrogen-bond donors (Lipinski definition) is 1. The maximum atomic E-state index is 12.4. The van der Waals surface area contributed by atoms with E-state index in [0.717, 1.165) is 22.8 Å². The molecule has 0 radical (unpaired) electrons. The van der Waals surface area contributed by atoms with Crippen molar-refractivity contribution in [1.82, 2.24) is 10.2 Å². The zero-order valence-electron chi connectivity index (χ0n) is 15.5. The van der Waals surface area contributed by atoms with E-state index in [9.17, 15) is 4.79 Å². The molecule has 0 saturated heterocycles. The van der Waals surface area contributed by atoms with Crippen LogP contribution < -0.4 is 14.8 Å². The van der Waals surface area contributed by atoms with Crippen molar-refractivity contribution in [2.75, 3.05) is 26.8 Å². The van der Waals surface area contributed by atoms with E-state index in [1.807, 2.05) is 30.3 Å². The van der Waals surface area contributed by atoms with Gasteiger partial charge in [-0.15, -0.1) is 0 Å². The first-order valence-electron chi connectivity index (χ1n) is 8.94. The standard InChI is InChI=1S/C20H26N2O4/c1-14(2)20(15-6-7-17-18(11-15)26-10-9-25-17)21-12-19(23)22(3)13-16-5-4-8-24-16/h4-8,11,14,20-21H,9-10,12-13H2,1-3H3/t20-/m1/s1. The number of carbonyl (C=O) groups excluding carboxylic acids is 1. The summed E-state index contributed by atoms with van der Waals surface area (Å²) in [4.78, 5) is 14.1. The van der Waals surface area contributed by atoms with Crippen LogP contribution in [0, 0.1) is 5.92 Å². The summed E-state index contributed by atoms with van der Waals surface area (Å²) in [5.41, 5.74) is 1.09. The van der Waals surface area contributed by atoms with Crippen molar-refractivity contribution in [3.8, 4) is 11.5 Å². The second-order valence-corrected chi connectivity index (χ2v) is 6.83. The predicted molar refractivity (Wildman–Crippen MR) is 98.2 cm³/mol. The predicted octanol–water partition coefficient (Wildman–Crippen LogP) is 3.00. The second kappa shape index (κ2) is 8.27. The third-order valence-electron chi connectivity index (χ3n) is 4.46. The Hall–Kier alpha value is -2.47. The van der Waals surface area contributed by atoms with Crippen LogP contribution in [0.1, 0.15) is 31.2 Å². The van der Waals surface area contributed by atoms with Gasteiger partial charge in [0.15, 0.2) is 11.5 Å². The fraction of sp³-hybridized carbons (Fsp3) is 0.450. The lowest BCUT2D eigenvalue weighted by atomic mass is 9.95. The molecule has 1 N–H and O–H groups in total. The Labute approximate surface area is 154 Å². The van der Waals surface area contributed by atoms with Gasteiger partial charge in [0.1, 0.15) is 19.0 Å². The van der Waals surface area contributed by atoms with Crippen LogP contribution >= 0.6 is 0 Å². The summed E-state index contributed by atoms with van der Waals surface area (Å²) in [6.45, 7) is 6.12. The van der Waals surface area contributed by atoms with Crippen LogP contribution in [0.2, 0.25) is 0 Å². The summed E-state index contributed by atoms with van der Waals surface area (Å²) in [7, 11) is 1.78. The Morgan fingerprint density at radius 1 is 1.19 bits per heavy atom. The summed E-state index contributed by atoms with van der Waals surface area (Å²) in [5.74, 6) is 2.65. The monoisotopic (exact) mass is 358 g/mol. The molecule has 140 valence electrons. The molecule has 26 heavy (non-hydrogen) atoms. The van der Waals surface area contributed by atoms with E-state index in [1.165, 1.54) is 0 Å². The Morgan fingerprint density at radius 3 is 2.65 bits per heavy atom. The molecule has 1 aliphatic rings. The normalized spacial score (nSPS) is 14.3. The first-order valence-corrected chi connectivity index (χ1v) is 8.94. The highest BCUT2D eigenvalue weighted by molar-refractivity contribution is 5.78. The molecule has 2 aromatic rings. The molecule has 0 saturated carbocycles. The third kappa shape index (κ3) is 4.38. The van der Waals surface area contributed by atoms with Gasteiger partial charge in [-0.05, 0) is 35.7 Å². The summed E-state index contributed by atoms with van der Waals surface area (Å²) < 4.78 is 16.6. The van der Waals surface area contributed by atoms with Crippen molar-refractivity contribution in [1.29, 1.82) is 0 Å². The van der Waals surface area contributed by atoms with Crippen molar-refractivity contribution in [3.63, 3.8) is 0 Å². The zero-order chi connectivity index (χ0) is 18.5. The molecular weight excluding hydrogens is 332 g/mol. The lowest BCUT2D eigenvalue weighted by Gasteiger charge is -2.26. The molecule has 1 aromatic heterocycles. The van der Waals surface area contributed by atoms with Gasteiger partial charge in [-0.25, -0.2) is 0 Å². The maximum absolute atomic E-state index is 12.4. The molecule has 1 amide bonds. The lowest BCUT2D eigenvalue weighted by Crippen LogP contribution is -2.38. The number of furan rings is 1. The van der Waals surface area contributed by atoms with Crippen LogP contribution in [0.5, 0.6) is 11.5 Å². The number of benzene rings is 1. The van der Waals surface area contributed by atoms with E-state index in [-0.39, 0.29) is 18.5 Å².